The predicted molar refractivity (Wildman–Crippen MR) is 202 cm³/mol. The van der Waals surface area contributed by atoms with Crippen molar-refractivity contribution in [3.05, 3.63) is 48.6 Å². The van der Waals surface area contributed by atoms with Gasteiger partial charge in [-0.05, 0) is 55.4 Å². The van der Waals surface area contributed by atoms with Gasteiger partial charge in [0.05, 0.1) is 5.92 Å². The first-order valence-electron chi connectivity index (χ1n) is 19.2. The van der Waals surface area contributed by atoms with Gasteiger partial charge in [0.25, 0.3) is 5.91 Å². The molecule has 1 aromatic rings. The topological polar surface area (TPSA) is 143 Å². The van der Waals surface area contributed by atoms with Crippen LogP contribution in [-0.4, -0.2) is 107 Å². The van der Waals surface area contributed by atoms with E-state index in [1.54, 1.807) is 26.8 Å². The summed E-state index contributed by atoms with van der Waals surface area (Å²) in [4.78, 5) is 89.3. The van der Waals surface area contributed by atoms with Crippen molar-refractivity contribution < 1.29 is 38.2 Å². The van der Waals surface area contributed by atoms with E-state index in [2.05, 4.69) is 11.9 Å². The Bertz CT molecular complexity index is 1450. The van der Waals surface area contributed by atoms with E-state index in [4.69, 9.17) is 9.47 Å². The zero-order valence-corrected chi connectivity index (χ0v) is 33.2. The Morgan fingerprint density at radius 1 is 0.868 bits per heavy atom. The van der Waals surface area contributed by atoms with E-state index >= 15 is 0 Å². The lowest BCUT2D eigenvalue weighted by Gasteiger charge is -2.36. The third-order valence-electron chi connectivity index (χ3n) is 10.8. The van der Waals surface area contributed by atoms with Crippen LogP contribution in [0.3, 0.4) is 0 Å². The summed E-state index contributed by atoms with van der Waals surface area (Å²) < 4.78 is 12.2. The number of allylic oxidation sites excluding steroid dienone is 1. The third-order valence-corrected chi connectivity index (χ3v) is 10.8. The lowest BCUT2D eigenvalue weighted by molar-refractivity contribution is -0.170. The number of unbranched alkanes of at least 4 members (excludes halogenated alkanes) is 1. The number of esters is 2. The van der Waals surface area contributed by atoms with Gasteiger partial charge in [-0.2, -0.15) is 0 Å². The number of hydrogen-bond donors (Lipinski definition) is 1. The maximum atomic E-state index is 14.5. The molecule has 53 heavy (non-hydrogen) atoms. The lowest BCUT2D eigenvalue weighted by Crippen LogP contribution is -2.58. The summed E-state index contributed by atoms with van der Waals surface area (Å²) in [5.41, 5.74) is 0.753. The number of carbonyl (C=O) groups excluding carboxylic acids is 6. The number of ether oxygens (including phenoxy) is 2. The van der Waals surface area contributed by atoms with Gasteiger partial charge in [-0.3, -0.25) is 19.2 Å². The molecule has 294 valence electrons. The number of amides is 4. The number of nitrogens with one attached hydrogen (secondary N) is 1. The van der Waals surface area contributed by atoms with Gasteiger partial charge in [-0.1, -0.05) is 91.3 Å². The molecule has 8 unspecified atom stereocenters. The molecule has 4 amide bonds. The molecule has 0 aliphatic carbocycles. The van der Waals surface area contributed by atoms with Gasteiger partial charge in [0.15, 0.2) is 6.10 Å². The highest BCUT2D eigenvalue weighted by Gasteiger charge is 2.45. The van der Waals surface area contributed by atoms with Gasteiger partial charge in [0.1, 0.15) is 30.3 Å². The third kappa shape index (κ3) is 10.7. The minimum atomic E-state index is -1.29. The van der Waals surface area contributed by atoms with E-state index in [9.17, 15) is 28.8 Å². The van der Waals surface area contributed by atoms with Crippen molar-refractivity contribution in [3.8, 4) is 0 Å². The van der Waals surface area contributed by atoms with E-state index < -0.39 is 77.9 Å². The Balaban J connectivity index is 2.18. The van der Waals surface area contributed by atoms with Crippen LogP contribution >= 0.6 is 0 Å². The first kappa shape index (κ1) is 43.2. The zero-order valence-electron chi connectivity index (χ0n) is 33.2. The maximum absolute atomic E-state index is 14.5. The Morgan fingerprint density at radius 2 is 1.49 bits per heavy atom. The van der Waals surface area contributed by atoms with Crippen LogP contribution in [0.1, 0.15) is 92.6 Å². The number of benzene rings is 1. The van der Waals surface area contributed by atoms with Crippen LogP contribution in [0.5, 0.6) is 0 Å². The fourth-order valence-corrected chi connectivity index (χ4v) is 7.35. The lowest BCUT2D eigenvalue weighted by atomic mass is 9.94. The van der Waals surface area contributed by atoms with Crippen molar-refractivity contribution in [2.75, 3.05) is 20.6 Å². The van der Waals surface area contributed by atoms with Gasteiger partial charge in [0.2, 0.25) is 17.7 Å². The van der Waals surface area contributed by atoms with Crippen molar-refractivity contribution in [3.63, 3.8) is 0 Å². The van der Waals surface area contributed by atoms with Gasteiger partial charge in [-0.25, -0.2) is 9.59 Å². The molecule has 8 atom stereocenters. The van der Waals surface area contributed by atoms with Gasteiger partial charge < -0.3 is 29.5 Å². The molecule has 0 radical (unpaired) electrons. The highest BCUT2D eigenvalue weighted by Crippen LogP contribution is 2.27. The number of cyclic esters (lactones) is 2. The quantitative estimate of drug-likeness (QED) is 0.210. The SMILES string of the molecule is C=CCCCC1OC(=O)C(C(C)C)N(C)C(=O)C2CCCN2C(=O)C(Cc2ccccc2)OC(=O)C(C(C)CC)N(C)C(=O)C(C(C)C)NC(=O)C1C. The molecule has 1 aromatic carbocycles. The molecule has 0 saturated carbocycles. The average molecular weight is 739 g/mol. The Labute approximate surface area is 316 Å². The normalized spacial score (nSPS) is 27.8. The van der Waals surface area contributed by atoms with Gasteiger partial charge in [-0.15, -0.1) is 6.58 Å². The summed E-state index contributed by atoms with van der Waals surface area (Å²) in [5.74, 6) is -5.26. The summed E-state index contributed by atoms with van der Waals surface area (Å²) in [6.07, 6.45) is 2.67. The molecule has 0 aromatic heterocycles. The van der Waals surface area contributed by atoms with Crippen LogP contribution in [0.15, 0.2) is 43.0 Å². The number of likely N-dealkylation sites (N-methyl/N-ethyl adjacent to an activating group) is 2. The van der Waals surface area contributed by atoms with Gasteiger partial charge >= 0.3 is 11.9 Å². The monoisotopic (exact) mass is 738 g/mol. The number of fused-ring (bicyclic) bond motifs is 1. The molecule has 12 nitrogen and oxygen atoms in total. The van der Waals surface area contributed by atoms with E-state index in [1.807, 2.05) is 58.0 Å². The van der Waals surface area contributed by atoms with Crippen LogP contribution in [-0.2, 0) is 44.7 Å². The fraction of sp³-hybridized carbons (Fsp3) is 0.659. The van der Waals surface area contributed by atoms with Crippen LogP contribution in [0.25, 0.3) is 0 Å². The summed E-state index contributed by atoms with van der Waals surface area (Å²) in [5, 5.41) is 2.89. The number of rotatable bonds is 10. The number of nitrogens with zero attached hydrogens (tertiary/aromatic N) is 3. The second kappa shape index (κ2) is 19.7. The molecule has 3 rings (SSSR count). The fourth-order valence-electron chi connectivity index (χ4n) is 7.35. The van der Waals surface area contributed by atoms with Crippen LogP contribution in [0.4, 0.5) is 0 Å². The molecular weight excluding hydrogens is 676 g/mol. The second-order valence-electron chi connectivity index (χ2n) is 15.4. The molecule has 2 aliphatic heterocycles. The largest absolute Gasteiger partial charge is 0.460 e. The van der Waals surface area contributed by atoms with E-state index in [1.165, 1.54) is 28.8 Å². The molecule has 2 saturated heterocycles. The first-order chi connectivity index (χ1) is 25.0. The smallest absolute Gasteiger partial charge is 0.329 e. The predicted octanol–water partition coefficient (Wildman–Crippen LogP) is 4.55. The number of hydrogen-bond acceptors (Lipinski definition) is 8. The highest BCUT2D eigenvalue weighted by atomic mass is 16.6. The minimum absolute atomic E-state index is 0.0559. The standard InChI is InChI=1S/C41H62N4O8/c1-11-13-15-22-31-28(8)36(46)42-33(25(3)4)39(49)44(10)35(27(7)12-2)41(51)53-32(24-29-19-16-14-17-20-29)38(48)45-23-18-21-30(45)37(47)43(9)34(26(5)6)40(50)52-31/h11,14,16-17,19-20,25-28,30-35H,1,12-13,15,18,21-24H2,2-10H3,(H,42,46). The van der Waals surface area contributed by atoms with Gasteiger partial charge in [0, 0.05) is 27.1 Å². The Hall–Kier alpha value is -4.22. The van der Waals surface area contributed by atoms with Crippen molar-refractivity contribution in [1.82, 2.24) is 20.0 Å². The average Bonchev–Trinajstić information content (AvgIpc) is 3.61. The molecule has 2 heterocycles. The Kier molecular flexibility index (Phi) is 16.1. The number of carbonyl (C=O) groups is 6. The van der Waals surface area contributed by atoms with Crippen LogP contribution < -0.4 is 5.32 Å². The summed E-state index contributed by atoms with van der Waals surface area (Å²) in [7, 11) is 3.05. The zero-order chi connectivity index (χ0) is 39.6. The van der Waals surface area contributed by atoms with Crippen molar-refractivity contribution in [1.29, 1.82) is 0 Å². The van der Waals surface area contributed by atoms with E-state index in [-0.39, 0.29) is 30.7 Å². The first-order valence-corrected chi connectivity index (χ1v) is 19.2. The van der Waals surface area contributed by atoms with Crippen LogP contribution in [0.2, 0.25) is 0 Å². The molecule has 0 spiro atoms. The van der Waals surface area contributed by atoms with Crippen LogP contribution in [0, 0.1) is 23.7 Å². The molecule has 1 N–H and O–H groups in total. The van der Waals surface area contributed by atoms with Crippen molar-refractivity contribution >= 4 is 35.6 Å². The van der Waals surface area contributed by atoms with Crippen molar-refractivity contribution in [2.45, 2.75) is 130 Å². The molecule has 0 bridgehead atoms. The second-order valence-corrected chi connectivity index (χ2v) is 15.4. The minimum Gasteiger partial charge on any atom is -0.460 e. The molecule has 2 aliphatic rings. The Morgan fingerprint density at radius 3 is 2.08 bits per heavy atom. The van der Waals surface area contributed by atoms with E-state index in [0.717, 1.165) is 5.56 Å². The summed E-state index contributed by atoms with van der Waals surface area (Å²) >= 11 is 0. The molecular formula is C41H62N4O8. The summed E-state index contributed by atoms with van der Waals surface area (Å²) in [6, 6.07) is 5.18. The van der Waals surface area contributed by atoms with E-state index in [0.29, 0.717) is 38.5 Å². The maximum Gasteiger partial charge on any atom is 0.329 e. The molecule has 12 heteroatoms. The highest BCUT2D eigenvalue weighted by molar-refractivity contribution is 5.95. The molecule has 2 fully saturated rings. The summed E-state index contributed by atoms with van der Waals surface area (Å²) in [6.45, 7) is 16.7. The van der Waals surface area contributed by atoms with Crippen molar-refractivity contribution in [2.24, 2.45) is 23.7 Å².